The van der Waals surface area contributed by atoms with E-state index in [2.05, 4.69) is 10.7 Å². The molecule has 1 aromatic carbocycles. The van der Waals surface area contributed by atoms with Gasteiger partial charge in [0.1, 0.15) is 5.82 Å². The van der Waals surface area contributed by atoms with E-state index in [1.165, 1.54) is 11.1 Å². The molecule has 2 unspecified atom stereocenters. The lowest BCUT2D eigenvalue weighted by molar-refractivity contribution is -0.177. The Kier molecular flexibility index (Phi) is 6.77. The second-order valence-corrected chi connectivity index (χ2v) is 6.32. The van der Waals surface area contributed by atoms with Gasteiger partial charge in [-0.15, -0.1) is 0 Å². The minimum atomic E-state index is -4.49. The largest absolute Gasteiger partial charge is 0.481 e. The van der Waals surface area contributed by atoms with Crippen LogP contribution in [0.3, 0.4) is 0 Å². The van der Waals surface area contributed by atoms with Crippen LogP contribution >= 0.6 is 0 Å². The lowest BCUT2D eigenvalue weighted by atomic mass is 9.92. The van der Waals surface area contributed by atoms with E-state index in [0.29, 0.717) is 13.0 Å². The molecule has 2 rings (SSSR count). The van der Waals surface area contributed by atoms with Crippen molar-refractivity contribution >= 4 is 11.9 Å². The smallest absolute Gasteiger partial charge is 0.394 e. The number of rotatable bonds is 7. The lowest BCUT2D eigenvalue weighted by Gasteiger charge is -2.28. The molecule has 6 nitrogen and oxygen atoms in total. The summed E-state index contributed by atoms with van der Waals surface area (Å²) in [6.07, 6.45) is -4.22. The van der Waals surface area contributed by atoms with Gasteiger partial charge in [0.15, 0.2) is 0 Å². The number of carboxylic acids is 1. The molecule has 1 saturated heterocycles. The van der Waals surface area contributed by atoms with Gasteiger partial charge >= 0.3 is 12.1 Å². The van der Waals surface area contributed by atoms with Gasteiger partial charge in [0.25, 0.3) is 5.91 Å². The van der Waals surface area contributed by atoms with E-state index in [0.717, 1.165) is 12.1 Å². The molecule has 0 aliphatic carbocycles. The maximum absolute atomic E-state index is 14.0. The summed E-state index contributed by atoms with van der Waals surface area (Å²) in [5, 5.41) is 12.3. The Labute approximate surface area is 153 Å². The van der Waals surface area contributed by atoms with Crippen LogP contribution in [0, 0.1) is 11.7 Å². The van der Waals surface area contributed by atoms with Crippen molar-refractivity contribution in [1.82, 2.24) is 15.8 Å². The van der Waals surface area contributed by atoms with Crippen LogP contribution in [0.15, 0.2) is 18.2 Å². The first-order valence-electron chi connectivity index (χ1n) is 8.50. The summed E-state index contributed by atoms with van der Waals surface area (Å²) in [5.41, 5.74) is 2.59. The van der Waals surface area contributed by atoms with Crippen LogP contribution in [-0.4, -0.2) is 47.8 Å². The van der Waals surface area contributed by atoms with E-state index >= 15 is 0 Å². The molecule has 0 saturated carbocycles. The van der Waals surface area contributed by atoms with E-state index in [1.807, 2.05) is 6.92 Å². The molecule has 0 radical (unpaired) electrons. The van der Waals surface area contributed by atoms with Crippen molar-refractivity contribution in [1.29, 1.82) is 0 Å². The number of carbonyl (C=O) groups excluding carboxylic acids is 1. The van der Waals surface area contributed by atoms with E-state index in [9.17, 15) is 27.2 Å². The van der Waals surface area contributed by atoms with Crippen LogP contribution in [-0.2, 0) is 4.79 Å². The summed E-state index contributed by atoms with van der Waals surface area (Å²) in [6.45, 7) is 1.64. The lowest BCUT2D eigenvalue weighted by Crippen LogP contribution is -2.35. The van der Waals surface area contributed by atoms with Gasteiger partial charge in [-0.05, 0) is 30.2 Å². The molecule has 1 aliphatic rings. The number of nitrogens with one attached hydrogen (secondary N) is 2. The minimum absolute atomic E-state index is 0.0409. The van der Waals surface area contributed by atoms with E-state index in [-0.39, 0.29) is 30.6 Å². The fourth-order valence-electron chi connectivity index (χ4n) is 3.11. The normalized spacial score (nSPS) is 20.6. The molecule has 0 spiro atoms. The van der Waals surface area contributed by atoms with Crippen LogP contribution < -0.4 is 10.7 Å². The molecule has 27 heavy (non-hydrogen) atoms. The molecule has 150 valence electrons. The quantitative estimate of drug-likeness (QED) is 0.623. The van der Waals surface area contributed by atoms with Crippen molar-refractivity contribution < 1.29 is 32.3 Å². The second kappa shape index (κ2) is 8.66. The number of hydrogen-bond donors (Lipinski definition) is 3. The first-order valence-corrected chi connectivity index (χ1v) is 8.50. The van der Waals surface area contributed by atoms with E-state index in [1.54, 1.807) is 0 Å². The van der Waals surface area contributed by atoms with E-state index in [4.69, 9.17) is 5.11 Å². The average molecular weight is 391 g/mol. The summed E-state index contributed by atoms with van der Waals surface area (Å²) in [5.74, 6) is -4.43. The SMILES string of the molecule is CCCN1NCC(C(F)(F)F)C1c1cc(F)cc(C(=O)NCCC(=O)O)c1. The highest BCUT2D eigenvalue weighted by atomic mass is 19.4. The van der Waals surface area contributed by atoms with E-state index < -0.39 is 35.8 Å². The van der Waals surface area contributed by atoms with Gasteiger partial charge in [-0.1, -0.05) is 6.92 Å². The molecule has 0 bridgehead atoms. The van der Waals surface area contributed by atoms with Crippen LogP contribution in [0.2, 0.25) is 0 Å². The van der Waals surface area contributed by atoms with Crippen LogP contribution in [0.25, 0.3) is 0 Å². The van der Waals surface area contributed by atoms with Crippen LogP contribution in [0.1, 0.15) is 41.7 Å². The minimum Gasteiger partial charge on any atom is -0.481 e. The van der Waals surface area contributed by atoms with Gasteiger partial charge in [0.05, 0.1) is 18.4 Å². The standard InChI is InChI=1S/C17H21F4N3O3/c1-2-5-24-15(13(9-23-24)17(19,20)21)10-6-11(8-12(18)7-10)16(27)22-4-3-14(25)26/h6-8,13,15,23H,2-5,9H2,1H3,(H,22,27)(H,25,26). The highest BCUT2D eigenvalue weighted by Gasteiger charge is 2.50. The summed E-state index contributed by atoms with van der Waals surface area (Å²) in [6, 6.07) is 1.96. The Balaban J connectivity index is 2.30. The molecule has 1 fully saturated rings. The predicted molar refractivity (Wildman–Crippen MR) is 88.3 cm³/mol. The first kappa shape index (κ1) is 21.1. The Hall–Kier alpha value is -2.20. The maximum atomic E-state index is 14.0. The zero-order valence-electron chi connectivity index (χ0n) is 14.6. The first-order chi connectivity index (χ1) is 12.6. The van der Waals surface area contributed by atoms with Gasteiger partial charge in [-0.2, -0.15) is 13.2 Å². The number of nitrogens with zero attached hydrogens (tertiary/aromatic N) is 1. The number of benzene rings is 1. The third-order valence-electron chi connectivity index (χ3n) is 4.26. The molecule has 2 atom stereocenters. The van der Waals surface area contributed by atoms with Crippen LogP contribution in [0.5, 0.6) is 0 Å². The fraction of sp³-hybridized carbons (Fsp3) is 0.529. The topological polar surface area (TPSA) is 81.7 Å². The molecule has 1 aromatic rings. The van der Waals surface area contributed by atoms with Crippen molar-refractivity contribution in [3.8, 4) is 0 Å². The van der Waals surface area contributed by atoms with Gasteiger partial charge in [0, 0.05) is 25.2 Å². The number of hydrogen-bond acceptors (Lipinski definition) is 4. The maximum Gasteiger partial charge on any atom is 0.394 e. The number of halogens is 4. The highest BCUT2D eigenvalue weighted by Crippen LogP contribution is 2.42. The predicted octanol–water partition coefficient (Wildman–Crippen LogP) is 2.48. The van der Waals surface area contributed by atoms with Crippen molar-refractivity contribution in [2.75, 3.05) is 19.6 Å². The Bertz CT molecular complexity index is 696. The summed E-state index contributed by atoms with van der Waals surface area (Å²) < 4.78 is 54.3. The van der Waals surface area contributed by atoms with Crippen molar-refractivity contribution in [3.63, 3.8) is 0 Å². The Morgan fingerprint density at radius 2 is 2.04 bits per heavy atom. The van der Waals surface area contributed by atoms with Gasteiger partial charge < -0.3 is 10.4 Å². The number of amides is 1. The summed E-state index contributed by atoms with van der Waals surface area (Å²) in [7, 11) is 0. The van der Waals surface area contributed by atoms with Crippen LogP contribution in [0.4, 0.5) is 17.6 Å². The number of hydrazine groups is 1. The number of aliphatic carboxylic acids is 1. The zero-order valence-corrected chi connectivity index (χ0v) is 14.6. The molecule has 0 aromatic heterocycles. The van der Waals surface area contributed by atoms with Gasteiger partial charge in [0.2, 0.25) is 0 Å². The molecular formula is C17H21F4N3O3. The molecule has 1 aliphatic heterocycles. The monoisotopic (exact) mass is 391 g/mol. The third-order valence-corrected chi connectivity index (χ3v) is 4.26. The molecule has 3 N–H and O–H groups in total. The van der Waals surface area contributed by atoms with Crippen molar-refractivity contribution in [2.24, 2.45) is 5.92 Å². The molecule has 1 amide bonds. The number of alkyl halides is 3. The molecule has 1 heterocycles. The molecular weight excluding hydrogens is 370 g/mol. The van der Waals surface area contributed by atoms with Gasteiger partial charge in [-0.25, -0.2) is 9.40 Å². The van der Waals surface area contributed by atoms with Crippen molar-refractivity contribution in [3.05, 3.63) is 35.1 Å². The Morgan fingerprint density at radius 1 is 1.33 bits per heavy atom. The third kappa shape index (κ3) is 5.39. The average Bonchev–Trinajstić information content (AvgIpc) is 2.98. The number of carboxylic acid groups (broad SMARTS) is 1. The molecule has 10 heteroatoms. The van der Waals surface area contributed by atoms with Gasteiger partial charge in [-0.3, -0.25) is 15.0 Å². The highest BCUT2D eigenvalue weighted by molar-refractivity contribution is 5.94. The summed E-state index contributed by atoms with van der Waals surface area (Å²) in [4.78, 5) is 22.6. The fourth-order valence-corrected chi connectivity index (χ4v) is 3.11. The van der Waals surface area contributed by atoms with Crippen molar-refractivity contribution in [2.45, 2.75) is 32.0 Å². The summed E-state index contributed by atoms with van der Waals surface area (Å²) >= 11 is 0. The number of carbonyl (C=O) groups is 2. The Morgan fingerprint density at radius 3 is 2.63 bits per heavy atom. The zero-order chi connectivity index (χ0) is 20.2. The second-order valence-electron chi connectivity index (χ2n) is 6.32.